The smallest absolute Gasteiger partial charge is 0.306 e. The van der Waals surface area contributed by atoms with E-state index >= 15 is 0 Å². The van der Waals surface area contributed by atoms with Crippen molar-refractivity contribution in [3.05, 3.63) is 0 Å². The van der Waals surface area contributed by atoms with E-state index in [0.717, 1.165) is 38.5 Å². The SMILES string of the molecule is CCCCCCCCCCCCCCOCC(COC(=O)CCCCCCCCCCC)OC(=O)CCCCCCC. The summed E-state index contributed by atoms with van der Waals surface area (Å²) in [6.45, 7) is 7.75. The molecule has 0 amide bonds. The van der Waals surface area contributed by atoms with Gasteiger partial charge >= 0.3 is 11.9 Å². The summed E-state index contributed by atoms with van der Waals surface area (Å²) in [6.07, 6.45) is 32.5. The zero-order valence-corrected chi connectivity index (χ0v) is 28.5. The molecule has 0 aromatic carbocycles. The van der Waals surface area contributed by atoms with Gasteiger partial charge in [-0.1, -0.05) is 168 Å². The number of hydrogen-bond donors (Lipinski definition) is 0. The second kappa shape index (κ2) is 34.4. The van der Waals surface area contributed by atoms with E-state index in [9.17, 15) is 9.59 Å². The molecule has 0 bridgehead atoms. The third-order valence-electron chi connectivity index (χ3n) is 8.14. The number of esters is 2. The standard InChI is InChI=1S/C37H72O5/c1-4-7-10-13-15-17-18-19-21-23-26-29-32-40-33-35(42-37(39)31-28-24-12-9-6-3)34-41-36(38)30-27-25-22-20-16-14-11-8-5-2/h35H,4-34H2,1-3H3. The third-order valence-corrected chi connectivity index (χ3v) is 8.14. The summed E-state index contributed by atoms with van der Waals surface area (Å²) in [5.74, 6) is -0.403. The van der Waals surface area contributed by atoms with Crippen molar-refractivity contribution in [3.63, 3.8) is 0 Å². The van der Waals surface area contributed by atoms with Crippen molar-refractivity contribution < 1.29 is 23.8 Å². The molecule has 0 fully saturated rings. The first kappa shape index (κ1) is 40.9. The zero-order chi connectivity index (χ0) is 30.8. The van der Waals surface area contributed by atoms with Gasteiger partial charge in [0.1, 0.15) is 6.61 Å². The van der Waals surface area contributed by atoms with Crippen LogP contribution in [0.3, 0.4) is 0 Å². The minimum Gasteiger partial charge on any atom is -0.462 e. The predicted octanol–water partition coefficient (Wildman–Crippen LogP) is 11.4. The number of unbranched alkanes of at least 4 members (excludes halogenated alkanes) is 23. The van der Waals surface area contributed by atoms with Crippen LogP contribution in [0.2, 0.25) is 0 Å². The summed E-state index contributed by atoms with van der Waals surface area (Å²) < 4.78 is 17.1. The summed E-state index contributed by atoms with van der Waals surface area (Å²) in [4.78, 5) is 24.7. The molecule has 0 aliphatic carbocycles. The number of rotatable bonds is 34. The molecule has 0 saturated carbocycles. The first-order valence-electron chi connectivity index (χ1n) is 18.6. The highest BCUT2D eigenvalue weighted by molar-refractivity contribution is 5.70. The third kappa shape index (κ3) is 31.8. The maximum Gasteiger partial charge on any atom is 0.306 e. The molecule has 0 N–H and O–H groups in total. The van der Waals surface area contributed by atoms with Gasteiger partial charge in [0.25, 0.3) is 0 Å². The highest BCUT2D eigenvalue weighted by Gasteiger charge is 2.17. The van der Waals surface area contributed by atoms with Crippen molar-refractivity contribution in [1.82, 2.24) is 0 Å². The van der Waals surface area contributed by atoms with Crippen LogP contribution in [0.25, 0.3) is 0 Å². The first-order chi connectivity index (χ1) is 20.6. The summed E-state index contributed by atoms with van der Waals surface area (Å²) in [6, 6.07) is 0. The topological polar surface area (TPSA) is 61.8 Å². The van der Waals surface area contributed by atoms with E-state index in [2.05, 4.69) is 20.8 Å². The number of ether oxygens (including phenoxy) is 3. The lowest BCUT2D eigenvalue weighted by atomic mass is 10.1. The fourth-order valence-corrected chi connectivity index (χ4v) is 5.33. The molecular formula is C37H72O5. The summed E-state index contributed by atoms with van der Waals surface area (Å²) in [7, 11) is 0. The lowest BCUT2D eigenvalue weighted by molar-refractivity contribution is -0.163. The Morgan fingerprint density at radius 2 is 0.786 bits per heavy atom. The Morgan fingerprint density at radius 1 is 0.429 bits per heavy atom. The molecule has 0 aliphatic heterocycles. The molecule has 0 aromatic heterocycles. The van der Waals surface area contributed by atoms with Crippen LogP contribution in [-0.2, 0) is 23.8 Å². The van der Waals surface area contributed by atoms with Crippen LogP contribution in [0.1, 0.15) is 201 Å². The molecule has 1 atom stereocenters. The van der Waals surface area contributed by atoms with Crippen molar-refractivity contribution in [1.29, 1.82) is 0 Å². The maximum absolute atomic E-state index is 12.4. The minimum absolute atomic E-state index is 0.0935. The predicted molar refractivity (Wildman–Crippen MR) is 178 cm³/mol. The highest BCUT2D eigenvalue weighted by Crippen LogP contribution is 2.13. The van der Waals surface area contributed by atoms with Crippen molar-refractivity contribution in [3.8, 4) is 0 Å². The average molecular weight is 597 g/mol. The largest absolute Gasteiger partial charge is 0.462 e. The van der Waals surface area contributed by atoms with E-state index < -0.39 is 6.10 Å². The Bertz CT molecular complexity index is 564. The fraction of sp³-hybridized carbons (Fsp3) is 0.946. The van der Waals surface area contributed by atoms with Crippen LogP contribution in [0.15, 0.2) is 0 Å². The Balaban J connectivity index is 4.09. The van der Waals surface area contributed by atoms with Crippen LogP contribution < -0.4 is 0 Å². The van der Waals surface area contributed by atoms with Gasteiger partial charge in [0.05, 0.1) is 6.61 Å². The highest BCUT2D eigenvalue weighted by atomic mass is 16.6. The lowest BCUT2D eigenvalue weighted by Gasteiger charge is -2.18. The van der Waals surface area contributed by atoms with Crippen LogP contribution in [0.5, 0.6) is 0 Å². The van der Waals surface area contributed by atoms with E-state index in [1.54, 1.807) is 0 Å². The molecule has 42 heavy (non-hydrogen) atoms. The van der Waals surface area contributed by atoms with Gasteiger partial charge in [0.2, 0.25) is 0 Å². The second-order valence-electron chi connectivity index (χ2n) is 12.5. The number of carbonyl (C=O) groups is 2. The normalized spacial score (nSPS) is 12.0. The van der Waals surface area contributed by atoms with Gasteiger partial charge in [-0.05, 0) is 19.3 Å². The van der Waals surface area contributed by atoms with E-state index in [-0.39, 0.29) is 18.5 Å². The lowest BCUT2D eigenvalue weighted by Crippen LogP contribution is -2.30. The Kier molecular flexibility index (Phi) is 33.5. The van der Waals surface area contributed by atoms with Crippen LogP contribution in [-0.4, -0.2) is 37.9 Å². The molecule has 5 nitrogen and oxygen atoms in total. The van der Waals surface area contributed by atoms with E-state index in [1.165, 1.54) is 128 Å². The van der Waals surface area contributed by atoms with Crippen LogP contribution >= 0.6 is 0 Å². The second-order valence-corrected chi connectivity index (χ2v) is 12.5. The Labute approximate surface area is 262 Å². The molecule has 1 unspecified atom stereocenters. The van der Waals surface area contributed by atoms with E-state index in [4.69, 9.17) is 14.2 Å². The summed E-state index contributed by atoms with van der Waals surface area (Å²) in [5.41, 5.74) is 0. The quantitative estimate of drug-likeness (QED) is 0.0546. The Hall–Kier alpha value is -1.10. The number of carbonyl (C=O) groups excluding carboxylic acids is 2. The molecule has 0 aromatic rings. The van der Waals surface area contributed by atoms with Crippen LogP contribution in [0, 0.1) is 0 Å². The molecule has 0 radical (unpaired) electrons. The fourth-order valence-electron chi connectivity index (χ4n) is 5.33. The van der Waals surface area contributed by atoms with Gasteiger partial charge in [0, 0.05) is 19.4 Å². The van der Waals surface area contributed by atoms with Gasteiger partial charge < -0.3 is 14.2 Å². The molecule has 0 spiro atoms. The molecule has 0 heterocycles. The molecule has 5 heteroatoms. The van der Waals surface area contributed by atoms with Crippen molar-refractivity contribution >= 4 is 11.9 Å². The maximum atomic E-state index is 12.4. The van der Waals surface area contributed by atoms with Gasteiger partial charge in [-0.3, -0.25) is 9.59 Å². The molecule has 250 valence electrons. The monoisotopic (exact) mass is 597 g/mol. The molecule has 0 saturated heterocycles. The van der Waals surface area contributed by atoms with Crippen molar-refractivity contribution in [2.45, 2.75) is 207 Å². The van der Waals surface area contributed by atoms with E-state index in [0.29, 0.717) is 26.1 Å². The summed E-state index contributed by atoms with van der Waals surface area (Å²) >= 11 is 0. The molecular weight excluding hydrogens is 524 g/mol. The van der Waals surface area contributed by atoms with Crippen molar-refractivity contribution in [2.24, 2.45) is 0 Å². The van der Waals surface area contributed by atoms with Crippen molar-refractivity contribution in [2.75, 3.05) is 19.8 Å². The molecule has 0 rings (SSSR count). The minimum atomic E-state index is -0.516. The molecule has 0 aliphatic rings. The van der Waals surface area contributed by atoms with E-state index in [1.807, 2.05) is 0 Å². The first-order valence-corrected chi connectivity index (χ1v) is 18.6. The average Bonchev–Trinajstić information content (AvgIpc) is 2.99. The van der Waals surface area contributed by atoms with Gasteiger partial charge in [-0.2, -0.15) is 0 Å². The Morgan fingerprint density at radius 3 is 1.21 bits per heavy atom. The number of hydrogen-bond acceptors (Lipinski definition) is 5. The van der Waals surface area contributed by atoms with Gasteiger partial charge in [0.15, 0.2) is 6.10 Å². The zero-order valence-electron chi connectivity index (χ0n) is 28.5. The summed E-state index contributed by atoms with van der Waals surface area (Å²) in [5, 5.41) is 0. The van der Waals surface area contributed by atoms with Gasteiger partial charge in [-0.25, -0.2) is 0 Å². The van der Waals surface area contributed by atoms with Gasteiger partial charge in [-0.15, -0.1) is 0 Å². The van der Waals surface area contributed by atoms with Crippen LogP contribution in [0.4, 0.5) is 0 Å².